The van der Waals surface area contributed by atoms with Crippen molar-refractivity contribution in [3.05, 3.63) is 0 Å². The highest BCUT2D eigenvalue weighted by Crippen LogP contribution is 2.29. The molecule has 0 bridgehead atoms. The third kappa shape index (κ3) is 3.32. The van der Waals surface area contributed by atoms with Gasteiger partial charge in [0.15, 0.2) is 0 Å². The Hall–Kier alpha value is -0.820. The van der Waals surface area contributed by atoms with Gasteiger partial charge >= 0.3 is 6.18 Å². The van der Waals surface area contributed by atoms with Crippen molar-refractivity contribution >= 4 is 5.91 Å². The van der Waals surface area contributed by atoms with Crippen molar-refractivity contribution in [2.75, 3.05) is 19.6 Å². The van der Waals surface area contributed by atoms with E-state index in [9.17, 15) is 18.0 Å². The maximum absolute atomic E-state index is 12.9. The lowest BCUT2D eigenvalue weighted by Gasteiger charge is -2.40. The van der Waals surface area contributed by atoms with Gasteiger partial charge in [0.2, 0.25) is 5.91 Å². The molecule has 1 rings (SSSR count). The van der Waals surface area contributed by atoms with Crippen LogP contribution >= 0.6 is 0 Å². The first-order chi connectivity index (χ1) is 7.91. The molecule has 1 aliphatic heterocycles. The van der Waals surface area contributed by atoms with Gasteiger partial charge in [-0.25, -0.2) is 0 Å². The summed E-state index contributed by atoms with van der Waals surface area (Å²) >= 11 is 0. The minimum absolute atomic E-state index is 0.0429. The van der Waals surface area contributed by atoms with Crippen molar-refractivity contribution in [3.8, 4) is 0 Å². The highest BCUT2D eigenvalue weighted by Gasteiger charge is 2.46. The van der Waals surface area contributed by atoms with E-state index in [-0.39, 0.29) is 32.0 Å². The van der Waals surface area contributed by atoms with Crippen molar-refractivity contribution in [2.24, 2.45) is 5.73 Å². The number of nitrogens with one attached hydrogen (secondary N) is 1. The Morgan fingerprint density at radius 3 is 2.71 bits per heavy atom. The number of nitrogens with zero attached hydrogens (tertiary/aromatic N) is 1. The molecule has 4 nitrogen and oxygen atoms in total. The lowest BCUT2D eigenvalue weighted by molar-refractivity contribution is -0.194. The van der Waals surface area contributed by atoms with Crippen LogP contribution in [-0.4, -0.2) is 48.7 Å². The van der Waals surface area contributed by atoms with Gasteiger partial charge in [-0.3, -0.25) is 9.69 Å². The van der Waals surface area contributed by atoms with E-state index in [1.165, 1.54) is 4.90 Å². The molecule has 0 spiro atoms. The molecule has 0 aliphatic carbocycles. The van der Waals surface area contributed by atoms with Crippen molar-refractivity contribution < 1.29 is 18.0 Å². The SMILES string of the molecule is CCC1C(=O)NCCN1C(CCN)C(F)(F)F. The molecular formula is C10H18F3N3O. The fraction of sp³-hybridized carbons (Fsp3) is 0.900. The van der Waals surface area contributed by atoms with Crippen molar-refractivity contribution in [2.45, 2.75) is 38.0 Å². The first-order valence-electron chi connectivity index (χ1n) is 5.72. The molecule has 0 aromatic heterocycles. The summed E-state index contributed by atoms with van der Waals surface area (Å²) in [7, 11) is 0. The second-order valence-corrected chi connectivity index (χ2v) is 4.09. The zero-order valence-corrected chi connectivity index (χ0v) is 9.76. The molecule has 0 radical (unpaired) electrons. The summed E-state index contributed by atoms with van der Waals surface area (Å²) in [5.41, 5.74) is 5.23. The Morgan fingerprint density at radius 2 is 2.24 bits per heavy atom. The van der Waals surface area contributed by atoms with Crippen molar-refractivity contribution in [1.82, 2.24) is 10.2 Å². The third-order valence-electron chi connectivity index (χ3n) is 2.98. The van der Waals surface area contributed by atoms with Gasteiger partial charge in [0.1, 0.15) is 6.04 Å². The molecular weight excluding hydrogens is 235 g/mol. The second-order valence-electron chi connectivity index (χ2n) is 4.09. The molecule has 17 heavy (non-hydrogen) atoms. The molecule has 2 atom stereocenters. The van der Waals surface area contributed by atoms with Crippen LogP contribution in [0.4, 0.5) is 13.2 Å². The zero-order valence-electron chi connectivity index (χ0n) is 9.76. The monoisotopic (exact) mass is 253 g/mol. The van der Waals surface area contributed by atoms with Crippen LogP contribution in [0.25, 0.3) is 0 Å². The lowest BCUT2D eigenvalue weighted by atomic mass is 10.0. The Kier molecular flexibility index (Phi) is 4.76. The number of halogens is 3. The number of hydrogen-bond donors (Lipinski definition) is 2. The predicted octanol–water partition coefficient (Wildman–Crippen LogP) is 0.476. The van der Waals surface area contributed by atoms with E-state index in [0.717, 1.165) is 0 Å². The number of carbonyl (C=O) groups excluding carboxylic acids is 1. The summed E-state index contributed by atoms with van der Waals surface area (Å²) < 4.78 is 38.7. The molecule has 0 aromatic carbocycles. The molecule has 0 saturated carbocycles. The number of amides is 1. The van der Waals surface area contributed by atoms with E-state index in [4.69, 9.17) is 5.73 Å². The van der Waals surface area contributed by atoms with E-state index >= 15 is 0 Å². The average Bonchev–Trinajstić information content (AvgIpc) is 2.24. The lowest BCUT2D eigenvalue weighted by Crippen LogP contribution is -2.61. The smallest absolute Gasteiger partial charge is 0.353 e. The van der Waals surface area contributed by atoms with Gasteiger partial charge < -0.3 is 11.1 Å². The van der Waals surface area contributed by atoms with Gasteiger partial charge in [-0.1, -0.05) is 6.92 Å². The molecule has 7 heteroatoms. The highest BCUT2D eigenvalue weighted by molar-refractivity contribution is 5.82. The molecule has 1 aliphatic rings. The molecule has 2 unspecified atom stereocenters. The number of nitrogens with two attached hydrogens (primary N) is 1. The Morgan fingerprint density at radius 1 is 1.59 bits per heavy atom. The Balaban J connectivity index is 2.87. The summed E-state index contributed by atoms with van der Waals surface area (Å²) in [6.45, 7) is 2.14. The summed E-state index contributed by atoms with van der Waals surface area (Å²) in [6, 6.07) is -2.33. The van der Waals surface area contributed by atoms with Crippen LogP contribution in [0.15, 0.2) is 0 Å². The van der Waals surface area contributed by atoms with Gasteiger partial charge in [-0.2, -0.15) is 13.2 Å². The molecule has 1 heterocycles. The van der Waals surface area contributed by atoms with Crippen LogP contribution in [0.3, 0.4) is 0 Å². The fourth-order valence-corrected chi connectivity index (χ4v) is 2.20. The number of carbonyl (C=O) groups is 1. The number of rotatable bonds is 4. The third-order valence-corrected chi connectivity index (χ3v) is 2.98. The standard InChI is InChI=1S/C10H18F3N3O/c1-2-7-9(17)15-5-6-16(7)8(3-4-14)10(11,12)13/h7-8H,2-6,14H2,1H3,(H,15,17). The zero-order chi connectivity index (χ0) is 13.1. The predicted molar refractivity (Wildman–Crippen MR) is 57.3 cm³/mol. The van der Waals surface area contributed by atoms with Gasteiger partial charge in [-0.05, 0) is 19.4 Å². The largest absolute Gasteiger partial charge is 0.404 e. The summed E-state index contributed by atoms with van der Waals surface area (Å²) in [6.07, 6.45) is -4.15. The summed E-state index contributed by atoms with van der Waals surface area (Å²) in [4.78, 5) is 12.7. The van der Waals surface area contributed by atoms with Crippen molar-refractivity contribution in [3.63, 3.8) is 0 Å². The van der Waals surface area contributed by atoms with Crippen LogP contribution in [0.2, 0.25) is 0 Å². The van der Waals surface area contributed by atoms with Crippen LogP contribution in [0.5, 0.6) is 0 Å². The molecule has 3 N–H and O–H groups in total. The summed E-state index contributed by atoms with van der Waals surface area (Å²) in [5, 5.41) is 2.58. The normalized spacial score (nSPS) is 24.5. The van der Waals surface area contributed by atoms with Crippen LogP contribution < -0.4 is 11.1 Å². The first-order valence-corrected chi connectivity index (χ1v) is 5.72. The van der Waals surface area contributed by atoms with Gasteiger partial charge in [-0.15, -0.1) is 0 Å². The van der Waals surface area contributed by atoms with E-state index < -0.39 is 18.3 Å². The Bertz CT molecular complexity index is 270. The molecule has 1 fully saturated rings. The van der Waals surface area contributed by atoms with E-state index in [1.54, 1.807) is 6.92 Å². The minimum Gasteiger partial charge on any atom is -0.353 e. The quantitative estimate of drug-likeness (QED) is 0.766. The van der Waals surface area contributed by atoms with Crippen LogP contribution in [-0.2, 0) is 4.79 Å². The first kappa shape index (κ1) is 14.2. The Labute approximate surface area is 98.3 Å². The van der Waals surface area contributed by atoms with Crippen molar-refractivity contribution in [1.29, 1.82) is 0 Å². The molecule has 1 amide bonds. The number of alkyl halides is 3. The number of piperazine rings is 1. The average molecular weight is 253 g/mol. The highest BCUT2D eigenvalue weighted by atomic mass is 19.4. The number of hydrogen-bond acceptors (Lipinski definition) is 3. The molecule has 100 valence electrons. The van der Waals surface area contributed by atoms with Gasteiger partial charge in [0, 0.05) is 13.1 Å². The van der Waals surface area contributed by atoms with E-state index in [1.807, 2.05) is 0 Å². The van der Waals surface area contributed by atoms with Crippen LogP contribution in [0, 0.1) is 0 Å². The molecule has 0 aromatic rings. The van der Waals surface area contributed by atoms with Gasteiger partial charge in [0.25, 0.3) is 0 Å². The molecule has 1 saturated heterocycles. The topological polar surface area (TPSA) is 58.4 Å². The fourth-order valence-electron chi connectivity index (χ4n) is 2.20. The van der Waals surface area contributed by atoms with E-state index in [2.05, 4.69) is 5.32 Å². The van der Waals surface area contributed by atoms with Gasteiger partial charge in [0.05, 0.1) is 6.04 Å². The minimum atomic E-state index is -4.34. The maximum Gasteiger partial charge on any atom is 0.404 e. The van der Waals surface area contributed by atoms with E-state index in [0.29, 0.717) is 6.42 Å². The maximum atomic E-state index is 12.9. The second kappa shape index (κ2) is 5.68. The summed E-state index contributed by atoms with van der Waals surface area (Å²) in [5.74, 6) is -0.329. The van der Waals surface area contributed by atoms with Crippen LogP contribution in [0.1, 0.15) is 19.8 Å².